The van der Waals surface area contributed by atoms with Crippen LogP contribution in [0.4, 0.5) is 0 Å². The van der Waals surface area contributed by atoms with Gasteiger partial charge in [0.1, 0.15) is 0 Å². The Morgan fingerprint density at radius 2 is 1.52 bits per heavy atom. The van der Waals surface area contributed by atoms with Gasteiger partial charge in [-0.05, 0) is 59.4 Å². The molecule has 1 aliphatic rings. The van der Waals surface area contributed by atoms with E-state index in [0.717, 1.165) is 35.3 Å². The Bertz CT molecular complexity index is 1420. The maximum absolute atomic E-state index is 4.93. The summed E-state index contributed by atoms with van der Waals surface area (Å²) < 4.78 is 0. The van der Waals surface area contributed by atoms with E-state index in [0.29, 0.717) is 0 Å². The minimum absolute atomic E-state index is 0.784. The Balaban J connectivity index is 1.71. The summed E-state index contributed by atoms with van der Waals surface area (Å²) in [6.45, 7) is 2.21. The van der Waals surface area contributed by atoms with Gasteiger partial charge in [-0.1, -0.05) is 66.8 Å². The smallest absolute Gasteiger partial charge is 0.160 e. The van der Waals surface area contributed by atoms with Gasteiger partial charge in [0.15, 0.2) is 5.82 Å². The van der Waals surface area contributed by atoms with Gasteiger partial charge >= 0.3 is 0 Å². The molecule has 1 aliphatic carbocycles. The van der Waals surface area contributed by atoms with E-state index in [1.165, 1.54) is 38.2 Å². The zero-order chi connectivity index (χ0) is 19.4. The summed E-state index contributed by atoms with van der Waals surface area (Å²) in [6, 6.07) is 21.3. The Labute approximate surface area is 169 Å². The molecule has 0 spiro atoms. The molecule has 0 unspecified atom stereocenters. The second kappa shape index (κ2) is 6.25. The Kier molecular flexibility index (Phi) is 3.54. The number of allylic oxidation sites excluding steroid dienone is 4. The Hall–Kier alpha value is -3.52. The van der Waals surface area contributed by atoms with Crippen LogP contribution < -0.4 is 0 Å². The van der Waals surface area contributed by atoms with Crippen LogP contribution in [0.3, 0.4) is 0 Å². The molecule has 1 aromatic heterocycles. The molecule has 0 radical (unpaired) electrons. The molecular weight excluding hydrogens is 352 g/mol. The third kappa shape index (κ3) is 2.49. The van der Waals surface area contributed by atoms with Gasteiger partial charge in [0.05, 0.1) is 11.0 Å². The topological polar surface area (TPSA) is 25.8 Å². The van der Waals surface area contributed by atoms with E-state index in [-0.39, 0.29) is 0 Å². The van der Waals surface area contributed by atoms with Gasteiger partial charge in [0.2, 0.25) is 0 Å². The molecule has 0 bridgehead atoms. The molecule has 0 saturated heterocycles. The van der Waals surface area contributed by atoms with Crippen LogP contribution in [0.5, 0.6) is 0 Å². The van der Waals surface area contributed by atoms with Crippen molar-refractivity contribution in [3.05, 3.63) is 90.0 Å². The highest BCUT2D eigenvalue weighted by Crippen LogP contribution is 2.39. The van der Waals surface area contributed by atoms with E-state index in [9.17, 15) is 0 Å². The second-order valence-corrected chi connectivity index (χ2v) is 7.81. The summed E-state index contributed by atoms with van der Waals surface area (Å²) in [5.41, 5.74) is 7.00. The number of aryl methyl sites for hydroxylation is 1. The summed E-state index contributed by atoms with van der Waals surface area (Å²) in [6.07, 6.45) is 9.13. The van der Waals surface area contributed by atoms with Crippen molar-refractivity contribution in [2.45, 2.75) is 19.8 Å². The van der Waals surface area contributed by atoms with Crippen molar-refractivity contribution in [2.75, 3.05) is 0 Å². The molecule has 0 N–H and O–H groups in total. The van der Waals surface area contributed by atoms with Crippen LogP contribution in [0.1, 0.15) is 24.0 Å². The van der Waals surface area contributed by atoms with Crippen LogP contribution in [0.25, 0.3) is 49.5 Å². The number of nitrogens with zero attached hydrogens (tertiary/aromatic N) is 2. The van der Waals surface area contributed by atoms with E-state index in [2.05, 4.69) is 67.6 Å². The van der Waals surface area contributed by atoms with Crippen LogP contribution in [-0.2, 0) is 0 Å². The SMILES string of the molecule is Cc1cc(C2=CCCC=C2)c2ccc3nc(-c4ccccc4)nc4ccc1c2c43. The summed E-state index contributed by atoms with van der Waals surface area (Å²) in [5, 5.41) is 5.04. The average Bonchev–Trinajstić information content (AvgIpc) is 2.79. The minimum atomic E-state index is 0.784. The molecule has 4 aromatic carbocycles. The van der Waals surface area contributed by atoms with Gasteiger partial charge in [-0.3, -0.25) is 0 Å². The fraction of sp³-hybridized carbons (Fsp3) is 0.111. The third-order valence-corrected chi connectivity index (χ3v) is 5.98. The van der Waals surface area contributed by atoms with Crippen molar-refractivity contribution in [1.29, 1.82) is 0 Å². The molecule has 0 saturated carbocycles. The highest BCUT2D eigenvalue weighted by molar-refractivity contribution is 6.24. The summed E-state index contributed by atoms with van der Waals surface area (Å²) >= 11 is 0. The molecule has 138 valence electrons. The summed E-state index contributed by atoms with van der Waals surface area (Å²) in [7, 11) is 0. The maximum atomic E-state index is 4.93. The molecule has 2 heteroatoms. The standard InChI is InChI=1S/C27H20N2/c1-17-16-22(18-8-4-2-5-9-18)21-13-15-24-26-23(14-12-20(17)25(21)26)28-27(29-24)19-10-6-3-7-11-19/h3-4,6-16H,2,5H2,1H3. The van der Waals surface area contributed by atoms with Gasteiger partial charge in [-0.2, -0.15) is 0 Å². The normalized spacial score (nSPS) is 14.2. The fourth-order valence-electron chi connectivity index (χ4n) is 4.59. The predicted octanol–water partition coefficient (Wildman–Crippen LogP) is 7.08. The third-order valence-electron chi connectivity index (χ3n) is 5.98. The zero-order valence-electron chi connectivity index (χ0n) is 16.3. The monoisotopic (exact) mass is 372 g/mol. The first-order chi connectivity index (χ1) is 14.3. The fourth-order valence-corrected chi connectivity index (χ4v) is 4.59. The largest absolute Gasteiger partial charge is 0.228 e. The first kappa shape index (κ1) is 16.4. The van der Waals surface area contributed by atoms with Gasteiger partial charge < -0.3 is 0 Å². The van der Waals surface area contributed by atoms with E-state index < -0.39 is 0 Å². The Morgan fingerprint density at radius 1 is 0.759 bits per heavy atom. The van der Waals surface area contributed by atoms with Crippen LogP contribution in [0.2, 0.25) is 0 Å². The second-order valence-electron chi connectivity index (χ2n) is 7.81. The van der Waals surface area contributed by atoms with Crippen molar-refractivity contribution in [1.82, 2.24) is 9.97 Å². The first-order valence-electron chi connectivity index (χ1n) is 10.2. The van der Waals surface area contributed by atoms with Crippen LogP contribution in [-0.4, -0.2) is 9.97 Å². The zero-order valence-corrected chi connectivity index (χ0v) is 16.3. The van der Waals surface area contributed by atoms with E-state index in [1.807, 2.05) is 18.2 Å². The lowest BCUT2D eigenvalue weighted by atomic mass is 9.88. The highest BCUT2D eigenvalue weighted by atomic mass is 14.9. The predicted molar refractivity (Wildman–Crippen MR) is 122 cm³/mol. The average molecular weight is 372 g/mol. The van der Waals surface area contributed by atoms with Crippen molar-refractivity contribution >= 4 is 38.2 Å². The number of rotatable bonds is 2. The van der Waals surface area contributed by atoms with Gasteiger partial charge in [-0.25, -0.2) is 9.97 Å². The lowest BCUT2D eigenvalue weighted by Gasteiger charge is -2.17. The lowest BCUT2D eigenvalue weighted by Crippen LogP contribution is -1.97. The van der Waals surface area contributed by atoms with E-state index in [4.69, 9.17) is 9.97 Å². The van der Waals surface area contributed by atoms with Gasteiger partial charge in [-0.15, -0.1) is 0 Å². The molecule has 1 heterocycles. The molecule has 0 amide bonds. The quantitative estimate of drug-likeness (QED) is 0.309. The number of aromatic nitrogens is 2. The van der Waals surface area contributed by atoms with E-state index in [1.54, 1.807) is 0 Å². The summed E-state index contributed by atoms with van der Waals surface area (Å²) in [4.78, 5) is 9.86. The summed E-state index contributed by atoms with van der Waals surface area (Å²) in [5.74, 6) is 0.784. The van der Waals surface area contributed by atoms with Crippen molar-refractivity contribution in [3.8, 4) is 11.4 Å². The minimum Gasteiger partial charge on any atom is -0.228 e. The van der Waals surface area contributed by atoms with Crippen molar-refractivity contribution in [2.24, 2.45) is 0 Å². The molecule has 0 aliphatic heterocycles. The molecule has 6 rings (SSSR count). The molecule has 2 nitrogen and oxygen atoms in total. The molecular formula is C27H20N2. The van der Waals surface area contributed by atoms with Crippen molar-refractivity contribution < 1.29 is 0 Å². The lowest BCUT2D eigenvalue weighted by molar-refractivity contribution is 1.04. The number of hydrogen-bond donors (Lipinski definition) is 0. The molecule has 29 heavy (non-hydrogen) atoms. The van der Waals surface area contributed by atoms with Gasteiger partial charge in [0, 0.05) is 16.3 Å². The number of benzene rings is 4. The molecule has 0 atom stereocenters. The number of hydrogen-bond acceptors (Lipinski definition) is 2. The van der Waals surface area contributed by atoms with Crippen LogP contribution >= 0.6 is 0 Å². The van der Waals surface area contributed by atoms with Crippen LogP contribution in [0.15, 0.2) is 78.9 Å². The molecule has 5 aromatic rings. The van der Waals surface area contributed by atoms with Crippen molar-refractivity contribution in [3.63, 3.8) is 0 Å². The highest BCUT2D eigenvalue weighted by Gasteiger charge is 2.17. The van der Waals surface area contributed by atoms with Crippen LogP contribution in [0, 0.1) is 6.92 Å². The van der Waals surface area contributed by atoms with Gasteiger partial charge in [0.25, 0.3) is 0 Å². The van der Waals surface area contributed by atoms with E-state index >= 15 is 0 Å². The Morgan fingerprint density at radius 3 is 2.24 bits per heavy atom. The molecule has 0 fully saturated rings. The first-order valence-corrected chi connectivity index (χ1v) is 10.2. The maximum Gasteiger partial charge on any atom is 0.160 e.